The van der Waals surface area contributed by atoms with Gasteiger partial charge in [-0.2, -0.15) is 0 Å². The van der Waals surface area contributed by atoms with Crippen LogP contribution in [0, 0.1) is 0 Å². The van der Waals surface area contributed by atoms with Gasteiger partial charge in [-0.25, -0.2) is 0 Å². The summed E-state index contributed by atoms with van der Waals surface area (Å²) < 4.78 is 10.9. The lowest BCUT2D eigenvalue weighted by atomic mass is 10.2. The van der Waals surface area contributed by atoms with Crippen LogP contribution in [0.2, 0.25) is 5.02 Å². The molecule has 1 atom stereocenters. The first-order valence-corrected chi connectivity index (χ1v) is 8.84. The summed E-state index contributed by atoms with van der Waals surface area (Å²) in [5.41, 5.74) is 1.29. The molecule has 2 aromatic carbocycles. The monoisotopic (exact) mass is 386 g/mol. The van der Waals surface area contributed by atoms with Crippen molar-refractivity contribution in [2.75, 3.05) is 18.5 Å². The number of amides is 2. The molecule has 7 heteroatoms. The predicted octanol–water partition coefficient (Wildman–Crippen LogP) is 3.27. The number of hydrogen-bond acceptors (Lipinski definition) is 4. The van der Waals surface area contributed by atoms with Crippen LogP contribution in [0.15, 0.2) is 48.5 Å². The molecule has 1 unspecified atom stereocenters. The molecule has 2 aromatic rings. The smallest absolute Gasteiger partial charge is 0.246 e. The molecule has 27 heavy (non-hydrogen) atoms. The number of carbonyl (C=O) groups excluding carboxylic acids is 2. The fourth-order valence-electron chi connectivity index (χ4n) is 2.46. The fourth-order valence-corrected chi connectivity index (χ4v) is 2.66. The van der Waals surface area contributed by atoms with E-state index in [0.717, 1.165) is 5.56 Å². The zero-order chi connectivity index (χ0) is 19.2. The van der Waals surface area contributed by atoms with E-state index in [1.807, 2.05) is 30.3 Å². The first kappa shape index (κ1) is 18.8. The van der Waals surface area contributed by atoms with Crippen LogP contribution < -0.4 is 20.1 Å². The summed E-state index contributed by atoms with van der Waals surface area (Å²) in [4.78, 5) is 24.4. The maximum Gasteiger partial charge on any atom is 0.246 e. The van der Waals surface area contributed by atoms with Gasteiger partial charge in [0.2, 0.25) is 11.8 Å². The topological polar surface area (TPSA) is 76.7 Å². The summed E-state index contributed by atoms with van der Waals surface area (Å²) in [5.74, 6) is 0.296. The second-order valence-electron chi connectivity index (χ2n) is 5.94. The molecule has 3 rings (SSSR count). The van der Waals surface area contributed by atoms with E-state index in [1.165, 1.54) is 6.08 Å². The summed E-state index contributed by atoms with van der Waals surface area (Å²) in [6.45, 7) is 2.48. The third-order valence-corrected chi connectivity index (χ3v) is 4.18. The van der Waals surface area contributed by atoms with Gasteiger partial charge >= 0.3 is 0 Å². The highest BCUT2D eigenvalue weighted by molar-refractivity contribution is 6.34. The van der Waals surface area contributed by atoms with E-state index >= 15 is 0 Å². The van der Waals surface area contributed by atoms with Crippen LogP contribution in [-0.2, 0) is 9.59 Å². The van der Waals surface area contributed by atoms with Gasteiger partial charge in [-0.3, -0.25) is 9.59 Å². The van der Waals surface area contributed by atoms with Crippen LogP contribution in [0.5, 0.6) is 11.5 Å². The van der Waals surface area contributed by atoms with Crippen molar-refractivity contribution in [3.05, 3.63) is 59.1 Å². The Morgan fingerprint density at radius 2 is 1.78 bits per heavy atom. The molecular weight excluding hydrogens is 368 g/mol. The molecule has 1 heterocycles. The molecular formula is C20H19ClN2O4. The zero-order valence-corrected chi connectivity index (χ0v) is 15.5. The molecule has 0 aromatic heterocycles. The second-order valence-corrected chi connectivity index (χ2v) is 6.35. The summed E-state index contributed by atoms with van der Waals surface area (Å²) in [6.07, 6.45) is 3.06. The van der Waals surface area contributed by atoms with Crippen LogP contribution in [0.1, 0.15) is 12.5 Å². The number of ether oxygens (including phenoxy) is 2. The number of nitrogens with one attached hydrogen (secondary N) is 2. The van der Waals surface area contributed by atoms with Gasteiger partial charge in [-0.15, -0.1) is 0 Å². The lowest BCUT2D eigenvalue weighted by Crippen LogP contribution is -2.40. The molecule has 140 valence electrons. The molecule has 1 aliphatic heterocycles. The summed E-state index contributed by atoms with van der Waals surface area (Å²) in [6, 6.07) is 11.9. The number of halogens is 1. The average molecular weight is 387 g/mol. The molecule has 2 N–H and O–H groups in total. The van der Waals surface area contributed by atoms with E-state index in [4.69, 9.17) is 21.1 Å². The quantitative estimate of drug-likeness (QED) is 0.773. The van der Waals surface area contributed by atoms with Crippen molar-refractivity contribution < 1.29 is 19.1 Å². The third kappa shape index (κ3) is 5.01. The van der Waals surface area contributed by atoms with Crippen LogP contribution >= 0.6 is 11.6 Å². The number of benzene rings is 2. The SMILES string of the molecule is CC(NC(=O)/C=C/c1ccccc1)C(=O)Nc1cc2c(cc1Cl)OCCO2. The standard InChI is InChI=1S/C20H19ClN2O4/c1-13(22-19(24)8-7-14-5-3-2-4-6-14)20(25)23-16-12-18-17(11-15(16)21)26-9-10-27-18/h2-8,11-13H,9-10H2,1H3,(H,22,24)(H,23,25)/b8-7+. The molecule has 0 radical (unpaired) electrons. The molecule has 0 saturated carbocycles. The average Bonchev–Trinajstić information content (AvgIpc) is 2.67. The van der Waals surface area contributed by atoms with E-state index in [-0.39, 0.29) is 5.91 Å². The lowest BCUT2D eigenvalue weighted by Gasteiger charge is -2.20. The van der Waals surface area contributed by atoms with Crippen LogP contribution in [0.3, 0.4) is 0 Å². The first-order valence-electron chi connectivity index (χ1n) is 8.46. The predicted molar refractivity (Wildman–Crippen MR) is 104 cm³/mol. The normalized spacial score (nSPS) is 13.9. The summed E-state index contributed by atoms with van der Waals surface area (Å²) >= 11 is 6.18. The highest BCUT2D eigenvalue weighted by atomic mass is 35.5. The Bertz CT molecular complexity index is 868. The van der Waals surface area contributed by atoms with E-state index in [9.17, 15) is 9.59 Å². The number of anilines is 1. The fraction of sp³-hybridized carbons (Fsp3) is 0.200. The Morgan fingerprint density at radius 1 is 1.11 bits per heavy atom. The van der Waals surface area contributed by atoms with E-state index in [1.54, 1.807) is 25.1 Å². The summed E-state index contributed by atoms with van der Waals surface area (Å²) in [5, 5.41) is 5.64. The Labute approximate surface area is 162 Å². The van der Waals surface area contributed by atoms with Crippen molar-refractivity contribution in [3.63, 3.8) is 0 Å². The molecule has 0 bridgehead atoms. The molecule has 0 spiro atoms. The highest BCUT2D eigenvalue weighted by Gasteiger charge is 2.19. The van der Waals surface area contributed by atoms with Crippen molar-refractivity contribution in [2.45, 2.75) is 13.0 Å². The maximum atomic E-state index is 12.4. The molecule has 0 fully saturated rings. The molecule has 0 saturated heterocycles. The van der Waals surface area contributed by atoms with Crippen molar-refractivity contribution in [2.24, 2.45) is 0 Å². The second kappa shape index (κ2) is 8.60. The van der Waals surface area contributed by atoms with Gasteiger partial charge in [0.15, 0.2) is 11.5 Å². The number of carbonyl (C=O) groups is 2. The molecule has 1 aliphatic rings. The Balaban J connectivity index is 1.59. The van der Waals surface area contributed by atoms with E-state index in [2.05, 4.69) is 10.6 Å². The number of fused-ring (bicyclic) bond motifs is 1. The Kier molecular flexibility index (Phi) is 5.98. The van der Waals surface area contributed by atoms with Crippen molar-refractivity contribution in [1.82, 2.24) is 5.32 Å². The maximum absolute atomic E-state index is 12.4. The lowest BCUT2D eigenvalue weighted by molar-refractivity contribution is -0.123. The minimum atomic E-state index is -0.748. The Hall–Kier alpha value is -2.99. The Morgan fingerprint density at radius 3 is 2.48 bits per heavy atom. The summed E-state index contributed by atoms with van der Waals surface area (Å²) in [7, 11) is 0. The van der Waals surface area contributed by atoms with Gasteiger partial charge < -0.3 is 20.1 Å². The van der Waals surface area contributed by atoms with Gasteiger partial charge in [0.05, 0.1) is 10.7 Å². The van der Waals surface area contributed by atoms with Gasteiger partial charge in [0.1, 0.15) is 19.3 Å². The zero-order valence-electron chi connectivity index (χ0n) is 14.7. The van der Waals surface area contributed by atoms with Crippen molar-refractivity contribution >= 4 is 35.2 Å². The van der Waals surface area contributed by atoms with Crippen LogP contribution in [-0.4, -0.2) is 31.1 Å². The molecule has 2 amide bonds. The van der Waals surface area contributed by atoms with Crippen LogP contribution in [0.4, 0.5) is 5.69 Å². The van der Waals surface area contributed by atoms with Crippen LogP contribution in [0.25, 0.3) is 6.08 Å². The van der Waals surface area contributed by atoms with Crippen molar-refractivity contribution in [3.8, 4) is 11.5 Å². The van der Waals surface area contributed by atoms with Gasteiger partial charge in [-0.1, -0.05) is 41.9 Å². The van der Waals surface area contributed by atoms with Gasteiger partial charge in [-0.05, 0) is 18.6 Å². The first-order chi connectivity index (χ1) is 13.0. The minimum Gasteiger partial charge on any atom is -0.486 e. The number of rotatable bonds is 5. The molecule has 6 nitrogen and oxygen atoms in total. The molecule has 0 aliphatic carbocycles. The minimum absolute atomic E-state index is 0.329. The van der Waals surface area contributed by atoms with E-state index in [0.29, 0.717) is 35.4 Å². The highest BCUT2D eigenvalue weighted by Crippen LogP contribution is 2.37. The van der Waals surface area contributed by atoms with Gasteiger partial charge in [0, 0.05) is 18.2 Å². The largest absolute Gasteiger partial charge is 0.486 e. The number of hydrogen-bond donors (Lipinski definition) is 2. The van der Waals surface area contributed by atoms with Crippen molar-refractivity contribution in [1.29, 1.82) is 0 Å². The van der Waals surface area contributed by atoms with Gasteiger partial charge in [0.25, 0.3) is 0 Å². The van der Waals surface area contributed by atoms with E-state index < -0.39 is 11.9 Å². The third-order valence-electron chi connectivity index (χ3n) is 3.87.